The normalized spacial score (nSPS) is 9.00. The zero-order valence-electron chi connectivity index (χ0n) is 9.52. The van der Waals surface area contributed by atoms with Gasteiger partial charge in [0, 0.05) is 11.4 Å². The standard InChI is InChI=1S/C10H15N.C2H6/c1-4-9-6-8(3)7-10(5-2)11-9;1-2/h6-7H,4-5H2,1-3H3;1-2H3. The highest BCUT2D eigenvalue weighted by Gasteiger charge is 1.95. The molecule has 0 aliphatic heterocycles. The average Bonchev–Trinajstić information content (AvgIpc) is 2.20. The lowest BCUT2D eigenvalue weighted by Crippen LogP contribution is -1.94. The Morgan fingerprint density at radius 2 is 1.38 bits per heavy atom. The van der Waals surface area contributed by atoms with Crippen molar-refractivity contribution in [1.29, 1.82) is 0 Å². The summed E-state index contributed by atoms with van der Waals surface area (Å²) in [5, 5.41) is 0. The predicted molar refractivity (Wildman–Crippen MR) is 59.1 cm³/mol. The lowest BCUT2D eigenvalue weighted by molar-refractivity contribution is 0.947. The van der Waals surface area contributed by atoms with Crippen LogP contribution in [0.25, 0.3) is 0 Å². The molecule has 1 heteroatoms. The third-order valence-electron chi connectivity index (χ3n) is 1.80. The smallest absolute Gasteiger partial charge is 0.0406 e. The van der Waals surface area contributed by atoms with E-state index in [1.165, 1.54) is 17.0 Å². The number of rotatable bonds is 2. The van der Waals surface area contributed by atoms with Crippen LogP contribution in [0.3, 0.4) is 0 Å². The van der Waals surface area contributed by atoms with E-state index >= 15 is 0 Å². The fourth-order valence-corrected chi connectivity index (χ4v) is 1.18. The summed E-state index contributed by atoms with van der Waals surface area (Å²) in [6.07, 6.45) is 2.07. The Bertz CT molecular complexity index is 219. The molecular formula is C12H21N. The largest absolute Gasteiger partial charge is 0.258 e. The summed E-state index contributed by atoms with van der Waals surface area (Å²) < 4.78 is 0. The summed E-state index contributed by atoms with van der Waals surface area (Å²) in [5.41, 5.74) is 3.75. The highest BCUT2D eigenvalue weighted by atomic mass is 14.7. The predicted octanol–water partition coefficient (Wildman–Crippen LogP) is 3.54. The van der Waals surface area contributed by atoms with Crippen molar-refractivity contribution >= 4 is 0 Å². The molecule has 0 saturated carbocycles. The van der Waals surface area contributed by atoms with Crippen LogP contribution < -0.4 is 0 Å². The summed E-state index contributed by atoms with van der Waals surface area (Å²) in [7, 11) is 0. The summed E-state index contributed by atoms with van der Waals surface area (Å²) in [5.74, 6) is 0. The molecule has 0 N–H and O–H groups in total. The van der Waals surface area contributed by atoms with Crippen LogP contribution in [0.1, 0.15) is 44.6 Å². The second-order valence-corrected chi connectivity index (χ2v) is 2.83. The fourth-order valence-electron chi connectivity index (χ4n) is 1.18. The third-order valence-corrected chi connectivity index (χ3v) is 1.80. The van der Waals surface area contributed by atoms with E-state index in [0.29, 0.717) is 0 Å². The van der Waals surface area contributed by atoms with E-state index in [1.807, 2.05) is 13.8 Å². The Kier molecular flexibility index (Phi) is 6.21. The molecule has 0 fully saturated rings. The first-order valence-electron chi connectivity index (χ1n) is 5.22. The summed E-state index contributed by atoms with van der Waals surface area (Å²) in [4.78, 5) is 4.47. The lowest BCUT2D eigenvalue weighted by Gasteiger charge is -2.01. The van der Waals surface area contributed by atoms with Crippen molar-refractivity contribution in [3.8, 4) is 0 Å². The summed E-state index contributed by atoms with van der Waals surface area (Å²) in [6, 6.07) is 4.30. The molecule has 1 heterocycles. The average molecular weight is 179 g/mol. The van der Waals surface area contributed by atoms with Gasteiger partial charge in [0.05, 0.1) is 0 Å². The molecule has 0 atom stereocenters. The van der Waals surface area contributed by atoms with Gasteiger partial charge in [-0.05, 0) is 37.5 Å². The van der Waals surface area contributed by atoms with Gasteiger partial charge < -0.3 is 0 Å². The first kappa shape index (κ1) is 12.2. The van der Waals surface area contributed by atoms with Crippen LogP contribution in [0, 0.1) is 6.92 Å². The van der Waals surface area contributed by atoms with Crippen LogP contribution in [0.15, 0.2) is 12.1 Å². The molecular weight excluding hydrogens is 158 g/mol. The zero-order valence-corrected chi connectivity index (χ0v) is 9.52. The Morgan fingerprint density at radius 1 is 1.00 bits per heavy atom. The minimum absolute atomic E-state index is 1.04. The van der Waals surface area contributed by atoms with E-state index in [-0.39, 0.29) is 0 Å². The van der Waals surface area contributed by atoms with Gasteiger partial charge in [0.15, 0.2) is 0 Å². The van der Waals surface area contributed by atoms with Crippen molar-refractivity contribution in [2.45, 2.75) is 47.5 Å². The fraction of sp³-hybridized carbons (Fsp3) is 0.583. The van der Waals surface area contributed by atoms with Gasteiger partial charge in [-0.1, -0.05) is 27.7 Å². The molecule has 0 aliphatic carbocycles. The second kappa shape index (κ2) is 6.64. The van der Waals surface area contributed by atoms with Gasteiger partial charge in [0.1, 0.15) is 0 Å². The van der Waals surface area contributed by atoms with Crippen molar-refractivity contribution in [1.82, 2.24) is 4.98 Å². The maximum atomic E-state index is 4.47. The van der Waals surface area contributed by atoms with Crippen molar-refractivity contribution in [3.05, 3.63) is 29.1 Å². The molecule has 0 radical (unpaired) electrons. The van der Waals surface area contributed by atoms with Gasteiger partial charge >= 0.3 is 0 Å². The minimum atomic E-state index is 1.04. The van der Waals surface area contributed by atoms with E-state index in [4.69, 9.17) is 0 Å². The van der Waals surface area contributed by atoms with Crippen molar-refractivity contribution in [2.75, 3.05) is 0 Å². The van der Waals surface area contributed by atoms with Crippen LogP contribution in [0.4, 0.5) is 0 Å². The second-order valence-electron chi connectivity index (χ2n) is 2.83. The van der Waals surface area contributed by atoms with Crippen molar-refractivity contribution in [3.63, 3.8) is 0 Å². The monoisotopic (exact) mass is 179 g/mol. The molecule has 0 saturated heterocycles. The topological polar surface area (TPSA) is 12.9 Å². The summed E-state index contributed by atoms with van der Waals surface area (Å²) in [6.45, 7) is 10.4. The molecule has 0 aliphatic rings. The van der Waals surface area contributed by atoms with Crippen LogP contribution >= 0.6 is 0 Å². The van der Waals surface area contributed by atoms with Crippen LogP contribution in [-0.2, 0) is 12.8 Å². The zero-order chi connectivity index (χ0) is 10.3. The highest BCUT2D eigenvalue weighted by molar-refractivity contribution is 5.20. The van der Waals surface area contributed by atoms with Gasteiger partial charge in [-0.25, -0.2) is 0 Å². The number of pyridine rings is 1. The van der Waals surface area contributed by atoms with E-state index in [1.54, 1.807) is 0 Å². The first-order valence-corrected chi connectivity index (χ1v) is 5.22. The molecule has 74 valence electrons. The number of nitrogens with zero attached hydrogens (tertiary/aromatic N) is 1. The van der Waals surface area contributed by atoms with Gasteiger partial charge in [0.25, 0.3) is 0 Å². The van der Waals surface area contributed by atoms with E-state index in [0.717, 1.165) is 12.8 Å². The van der Waals surface area contributed by atoms with Gasteiger partial charge in [-0.15, -0.1) is 0 Å². The Balaban J connectivity index is 0.000000671. The van der Waals surface area contributed by atoms with E-state index in [2.05, 4.69) is 37.9 Å². The van der Waals surface area contributed by atoms with Crippen LogP contribution in [0.2, 0.25) is 0 Å². The van der Waals surface area contributed by atoms with Crippen molar-refractivity contribution in [2.24, 2.45) is 0 Å². The Hall–Kier alpha value is -0.850. The molecule has 0 aromatic carbocycles. The third kappa shape index (κ3) is 4.07. The molecule has 13 heavy (non-hydrogen) atoms. The maximum Gasteiger partial charge on any atom is 0.0406 e. The molecule has 1 rings (SSSR count). The number of aryl methyl sites for hydroxylation is 3. The van der Waals surface area contributed by atoms with Gasteiger partial charge in [-0.3, -0.25) is 4.98 Å². The van der Waals surface area contributed by atoms with E-state index < -0.39 is 0 Å². The number of aromatic nitrogens is 1. The molecule has 0 spiro atoms. The highest BCUT2D eigenvalue weighted by Crippen LogP contribution is 2.05. The molecule has 0 unspecified atom stereocenters. The Morgan fingerprint density at radius 3 is 1.69 bits per heavy atom. The van der Waals surface area contributed by atoms with Gasteiger partial charge in [-0.2, -0.15) is 0 Å². The molecule has 1 aromatic rings. The van der Waals surface area contributed by atoms with Crippen molar-refractivity contribution < 1.29 is 0 Å². The minimum Gasteiger partial charge on any atom is -0.258 e. The number of hydrogen-bond acceptors (Lipinski definition) is 1. The number of hydrogen-bond donors (Lipinski definition) is 0. The van der Waals surface area contributed by atoms with Crippen LogP contribution in [0.5, 0.6) is 0 Å². The summed E-state index contributed by atoms with van der Waals surface area (Å²) >= 11 is 0. The molecule has 0 bridgehead atoms. The quantitative estimate of drug-likeness (QED) is 0.676. The SMILES string of the molecule is CC.CCc1cc(C)cc(CC)n1. The van der Waals surface area contributed by atoms with Gasteiger partial charge in [0.2, 0.25) is 0 Å². The molecule has 1 nitrogen and oxygen atoms in total. The Labute approximate surface area is 82.2 Å². The molecule has 0 amide bonds. The van der Waals surface area contributed by atoms with E-state index in [9.17, 15) is 0 Å². The first-order chi connectivity index (χ1) is 6.26. The molecule has 1 aromatic heterocycles. The maximum absolute atomic E-state index is 4.47. The lowest BCUT2D eigenvalue weighted by atomic mass is 10.1. The van der Waals surface area contributed by atoms with Crippen LogP contribution in [-0.4, -0.2) is 4.98 Å².